The first kappa shape index (κ1) is 15.5. The molecule has 1 aliphatic heterocycles. The van der Waals surface area contributed by atoms with E-state index in [-0.39, 0.29) is 12.8 Å². The standard InChI is InChI=1S/C17H17ClN2O3/c1-20(10-13-5-6-15-16(8-13)23-11-22-15)17(21)19-9-12-3-2-4-14(18)7-12/h2-8H,9-11H2,1H3,(H,19,21). The van der Waals surface area contributed by atoms with Gasteiger partial charge in [0.1, 0.15) is 0 Å². The Morgan fingerprint density at radius 3 is 2.83 bits per heavy atom. The zero-order chi connectivity index (χ0) is 16.2. The number of halogens is 1. The fraction of sp³-hybridized carbons (Fsp3) is 0.235. The van der Waals surface area contributed by atoms with Gasteiger partial charge in [0.05, 0.1) is 0 Å². The van der Waals surface area contributed by atoms with E-state index in [0.717, 1.165) is 22.6 Å². The van der Waals surface area contributed by atoms with Crippen LogP contribution >= 0.6 is 11.6 Å². The number of hydrogen-bond donors (Lipinski definition) is 1. The van der Waals surface area contributed by atoms with Crippen molar-refractivity contribution in [2.24, 2.45) is 0 Å². The molecular formula is C17H17ClN2O3. The zero-order valence-corrected chi connectivity index (χ0v) is 13.5. The van der Waals surface area contributed by atoms with E-state index in [2.05, 4.69) is 5.32 Å². The fourth-order valence-electron chi connectivity index (χ4n) is 2.34. The molecule has 2 aromatic rings. The van der Waals surface area contributed by atoms with Gasteiger partial charge in [0, 0.05) is 25.2 Å². The lowest BCUT2D eigenvalue weighted by molar-refractivity contribution is 0.174. The number of hydrogen-bond acceptors (Lipinski definition) is 3. The summed E-state index contributed by atoms with van der Waals surface area (Å²) in [6.45, 7) is 1.16. The van der Waals surface area contributed by atoms with Gasteiger partial charge in [-0.15, -0.1) is 0 Å². The van der Waals surface area contributed by atoms with Gasteiger partial charge >= 0.3 is 6.03 Å². The van der Waals surface area contributed by atoms with Crippen LogP contribution in [0.15, 0.2) is 42.5 Å². The van der Waals surface area contributed by atoms with E-state index in [1.54, 1.807) is 18.0 Å². The SMILES string of the molecule is CN(Cc1ccc2c(c1)OCO2)C(=O)NCc1cccc(Cl)c1. The van der Waals surface area contributed by atoms with E-state index in [4.69, 9.17) is 21.1 Å². The summed E-state index contributed by atoms with van der Waals surface area (Å²) in [5.41, 5.74) is 1.94. The molecule has 1 heterocycles. The predicted molar refractivity (Wildman–Crippen MR) is 87.7 cm³/mol. The topological polar surface area (TPSA) is 50.8 Å². The molecule has 0 aromatic heterocycles. The number of amides is 2. The van der Waals surface area contributed by atoms with E-state index in [1.165, 1.54) is 0 Å². The third-order valence-electron chi connectivity index (χ3n) is 3.54. The number of carbonyl (C=O) groups is 1. The Hall–Kier alpha value is -2.40. The van der Waals surface area contributed by atoms with Crippen LogP contribution in [0, 0.1) is 0 Å². The molecule has 120 valence electrons. The molecule has 3 rings (SSSR count). The maximum absolute atomic E-state index is 12.2. The molecule has 6 heteroatoms. The van der Waals surface area contributed by atoms with Crippen molar-refractivity contribution in [2.75, 3.05) is 13.8 Å². The lowest BCUT2D eigenvalue weighted by Crippen LogP contribution is -2.36. The number of ether oxygens (including phenoxy) is 2. The summed E-state index contributed by atoms with van der Waals surface area (Å²) >= 11 is 5.93. The van der Waals surface area contributed by atoms with Crippen LogP contribution in [0.5, 0.6) is 11.5 Å². The molecule has 0 saturated carbocycles. The highest BCUT2D eigenvalue weighted by Crippen LogP contribution is 2.32. The Morgan fingerprint density at radius 1 is 1.17 bits per heavy atom. The van der Waals surface area contributed by atoms with Crippen LogP contribution in [0.4, 0.5) is 4.79 Å². The molecule has 0 unspecified atom stereocenters. The number of carbonyl (C=O) groups excluding carboxylic acids is 1. The Bertz CT molecular complexity index is 721. The van der Waals surface area contributed by atoms with Crippen molar-refractivity contribution in [3.8, 4) is 11.5 Å². The summed E-state index contributed by atoms with van der Waals surface area (Å²) < 4.78 is 10.6. The highest BCUT2D eigenvalue weighted by Gasteiger charge is 2.15. The summed E-state index contributed by atoms with van der Waals surface area (Å²) in [5, 5.41) is 3.53. The molecule has 0 spiro atoms. The molecule has 1 N–H and O–H groups in total. The molecule has 23 heavy (non-hydrogen) atoms. The highest BCUT2D eigenvalue weighted by molar-refractivity contribution is 6.30. The van der Waals surface area contributed by atoms with Gasteiger partial charge in [-0.3, -0.25) is 0 Å². The smallest absolute Gasteiger partial charge is 0.317 e. The van der Waals surface area contributed by atoms with Crippen molar-refractivity contribution in [1.82, 2.24) is 10.2 Å². The Morgan fingerprint density at radius 2 is 2.00 bits per heavy atom. The quantitative estimate of drug-likeness (QED) is 0.933. The van der Waals surface area contributed by atoms with Gasteiger partial charge in [0.2, 0.25) is 6.79 Å². The maximum atomic E-state index is 12.2. The average molecular weight is 333 g/mol. The van der Waals surface area contributed by atoms with Crippen LogP contribution in [0.25, 0.3) is 0 Å². The second kappa shape index (κ2) is 6.79. The van der Waals surface area contributed by atoms with Crippen molar-refractivity contribution in [3.63, 3.8) is 0 Å². The molecule has 0 aliphatic carbocycles. The maximum Gasteiger partial charge on any atom is 0.317 e. The molecule has 0 radical (unpaired) electrons. The first-order valence-electron chi connectivity index (χ1n) is 7.24. The average Bonchev–Trinajstić information content (AvgIpc) is 3.00. The van der Waals surface area contributed by atoms with Crippen LogP contribution in [0.2, 0.25) is 5.02 Å². The van der Waals surface area contributed by atoms with E-state index in [1.807, 2.05) is 36.4 Å². The van der Waals surface area contributed by atoms with Crippen molar-refractivity contribution in [1.29, 1.82) is 0 Å². The number of urea groups is 1. The minimum absolute atomic E-state index is 0.150. The summed E-state index contributed by atoms with van der Waals surface area (Å²) in [7, 11) is 1.75. The van der Waals surface area contributed by atoms with Crippen molar-refractivity contribution >= 4 is 17.6 Å². The molecule has 1 aliphatic rings. The van der Waals surface area contributed by atoms with E-state index in [9.17, 15) is 4.79 Å². The summed E-state index contributed by atoms with van der Waals surface area (Å²) in [5.74, 6) is 1.46. The van der Waals surface area contributed by atoms with Crippen LogP contribution in [-0.2, 0) is 13.1 Å². The summed E-state index contributed by atoms with van der Waals surface area (Å²) in [4.78, 5) is 13.8. The first-order valence-corrected chi connectivity index (χ1v) is 7.61. The fourth-order valence-corrected chi connectivity index (χ4v) is 2.56. The van der Waals surface area contributed by atoms with Gasteiger partial charge in [-0.25, -0.2) is 4.79 Å². The van der Waals surface area contributed by atoms with E-state index >= 15 is 0 Å². The van der Waals surface area contributed by atoms with Crippen LogP contribution < -0.4 is 14.8 Å². The molecule has 2 aromatic carbocycles. The van der Waals surface area contributed by atoms with Gasteiger partial charge in [0.25, 0.3) is 0 Å². The monoisotopic (exact) mass is 332 g/mol. The van der Waals surface area contributed by atoms with Gasteiger partial charge < -0.3 is 19.7 Å². The minimum atomic E-state index is -0.150. The molecule has 0 bridgehead atoms. The molecular weight excluding hydrogens is 316 g/mol. The van der Waals surface area contributed by atoms with Crippen LogP contribution in [0.1, 0.15) is 11.1 Å². The number of benzene rings is 2. The number of nitrogens with one attached hydrogen (secondary N) is 1. The second-order valence-electron chi connectivity index (χ2n) is 5.33. The predicted octanol–water partition coefficient (Wildman–Crippen LogP) is 3.41. The second-order valence-corrected chi connectivity index (χ2v) is 5.77. The third-order valence-corrected chi connectivity index (χ3v) is 3.77. The Balaban J connectivity index is 1.55. The van der Waals surface area contributed by atoms with Crippen LogP contribution in [-0.4, -0.2) is 24.8 Å². The van der Waals surface area contributed by atoms with Gasteiger partial charge in [-0.05, 0) is 35.4 Å². The van der Waals surface area contributed by atoms with E-state index in [0.29, 0.717) is 18.1 Å². The van der Waals surface area contributed by atoms with Crippen molar-refractivity contribution in [2.45, 2.75) is 13.1 Å². The molecule has 0 atom stereocenters. The normalized spacial score (nSPS) is 12.1. The zero-order valence-electron chi connectivity index (χ0n) is 12.7. The molecule has 0 saturated heterocycles. The minimum Gasteiger partial charge on any atom is -0.454 e. The molecule has 5 nitrogen and oxygen atoms in total. The first-order chi connectivity index (χ1) is 11.1. The Labute approximate surface area is 139 Å². The molecule has 0 fully saturated rings. The summed E-state index contributed by atoms with van der Waals surface area (Å²) in [6.07, 6.45) is 0. The largest absolute Gasteiger partial charge is 0.454 e. The van der Waals surface area contributed by atoms with Gasteiger partial charge in [0.15, 0.2) is 11.5 Å². The number of fused-ring (bicyclic) bond motifs is 1. The van der Waals surface area contributed by atoms with Gasteiger partial charge in [-0.1, -0.05) is 29.8 Å². The lowest BCUT2D eigenvalue weighted by atomic mass is 10.2. The van der Waals surface area contributed by atoms with Crippen LogP contribution in [0.3, 0.4) is 0 Å². The lowest BCUT2D eigenvalue weighted by Gasteiger charge is -2.18. The Kier molecular flexibility index (Phi) is 4.57. The number of nitrogens with zero attached hydrogens (tertiary/aromatic N) is 1. The van der Waals surface area contributed by atoms with Crippen molar-refractivity contribution in [3.05, 3.63) is 58.6 Å². The molecule has 2 amide bonds. The van der Waals surface area contributed by atoms with E-state index < -0.39 is 0 Å². The number of rotatable bonds is 4. The third kappa shape index (κ3) is 3.87. The summed E-state index contributed by atoms with van der Waals surface area (Å²) in [6, 6.07) is 12.9. The van der Waals surface area contributed by atoms with Crippen molar-refractivity contribution < 1.29 is 14.3 Å². The van der Waals surface area contributed by atoms with Gasteiger partial charge in [-0.2, -0.15) is 0 Å². The highest BCUT2D eigenvalue weighted by atomic mass is 35.5.